The molecule has 4 rings (SSSR count). The summed E-state index contributed by atoms with van der Waals surface area (Å²) in [5, 5.41) is 8.99. The summed E-state index contributed by atoms with van der Waals surface area (Å²) in [5.41, 5.74) is 6.50. The number of H-pyrrole nitrogens is 2. The fourth-order valence-electron chi connectivity index (χ4n) is 3.84. The minimum Gasteiger partial charge on any atom is -0.340 e. The Kier molecular flexibility index (Phi) is 9.27. The predicted octanol–water partition coefficient (Wildman–Crippen LogP) is 6.14. The summed E-state index contributed by atoms with van der Waals surface area (Å²) >= 11 is 0. The molecule has 37 heavy (non-hydrogen) atoms. The first-order valence-corrected chi connectivity index (χ1v) is 12.4. The standard InChI is InChI=1S/C29H28FN5.C2H6/c1-6-10-24(23-11-8-9-12-25(23)30)28-20(5)32-29(33-28)27-19(4)26(34-35-27)14-13-18(3)22-15-21(7-2)16-31-17-22;1-2/h6,8-17,34H,1,4,7H2,2-3,5H3,(H,32,33);1-2H3/b18-13+,24-10-,26-14+;. The van der Waals surface area contributed by atoms with Crippen LogP contribution in [0.1, 0.15) is 55.8 Å². The Morgan fingerprint density at radius 1 is 1.14 bits per heavy atom. The Morgan fingerprint density at radius 3 is 2.59 bits per heavy atom. The third kappa shape index (κ3) is 6.09. The van der Waals surface area contributed by atoms with E-state index in [9.17, 15) is 4.39 Å². The lowest BCUT2D eigenvalue weighted by molar-refractivity contribution is 0.624. The minimum atomic E-state index is -0.319. The van der Waals surface area contributed by atoms with Crippen LogP contribution < -0.4 is 10.6 Å². The van der Waals surface area contributed by atoms with E-state index in [0.29, 0.717) is 28.3 Å². The summed E-state index contributed by atoms with van der Waals surface area (Å²) in [6, 6.07) is 8.77. The quantitative estimate of drug-likeness (QED) is 0.303. The van der Waals surface area contributed by atoms with E-state index in [1.165, 1.54) is 11.6 Å². The molecule has 0 unspecified atom stereocenters. The lowest BCUT2D eigenvalue weighted by Crippen LogP contribution is -2.21. The molecule has 190 valence electrons. The van der Waals surface area contributed by atoms with Crippen molar-refractivity contribution in [3.05, 3.63) is 112 Å². The van der Waals surface area contributed by atoms with E-state index < -0.39 is 0 Å². The van der Waals surface area contributed by atoms with Crippen LogP contribution >= 0.6 is 0 Å². The van der Waals surface area contributed by atoms with E-state index in [-0.39, 0.29) is 5.82 Å². The molecule has 3 heterocycles. The highest BCUT2D eigenvalue weighted by molar-refractivity contribution is 5.81. The molecule has 0 atom stereocenters. The van der Waals surface area contributed by atoms with E-state index in [2.05, 4.69) is 46.3 Å². The zero-order chi connectivity index (χ0) is 26.9. The van der Waals surface area contributed by atoms with E-state index in [1.54, 1.807) is 30.4 Å². The molecular formula is C31H34FN5. The van der Waals surface area contributed by atoms with Crippen molar-refractivity contribution in [3.63, 3.8) is 0 Å². The van der Waals surface area contributed by atoms with Crippen molar-refractivity contribution in [1.29, 1.82) is 0 Å². The maximum absolute atomic E-state index is 14.5. The van der Waals surface area contributed by atoms with Crippen LogP contribution in [0, 0.1) is 12.7 Å². The monoisotopic (exact) mass is 495 g/mol. The van der Waals surface area contributed by atoms with Gasteiger partial charge in [-0.1, -0.05) is 70.4 Å². The van der Waals surface area contributed by atoms with Crippen molar-refractivity contribution >= 4 is 23.8 Å². The van der Waals surface area contributed by atoms with Crippen LogP contribution in [-0.4, -0.2) is 25.1 Å². The van der Waals surface area contributed by atoms with Crippen LogP contribution in [0.5, 0.6) is 0 Å². The van der Waals surface area contributed by atoms with Crippen LogP contribution in [0.25, 0.3) is 35.3 Å². The number of aryl methyl sites for hydroxylation is 2. The Bertz CT molecular complexity index is 1550. The van der Waals surface area contributed by atoms with Gasteiger partial charge in [-0.15, -0.1) is 0 Å². The summed E-state index contributed by atoms with van der Waals surface area (Å²) in [6.07, 6.45) is 12.0. The number of aromatic amines is 2. The largest absolute Gasteiger partial charge is 0.340 e. The number of allylic oxidation sites excluding steroid dienone is 4. The summed E-state index contributed by atoms with van der Waals surface area (Å²) < 4.78 is 14.5. The number of halogens is 1. The number of aromatic nitrogens is 5. The van der Waals surface area contributed by atoms with Gasteiger partial charge in [0.15, 0.2) is 5.82 Å². The van der Waals surface area contributed by atoms with E-state index >= 15 is 0 Å². The maximum Gasteiger partial charge on any atom is 0.159 e. The molecule has 0 amide bonds. The van der Waals surface area contributed by atoms with Gasteiger partial charge in [0.1, 0.15) is 11.5 Å². The van der Waals surface area contributed by atoms with Crippen molar-refractivity contribution in [2.24, 2.45) is 0 Å². The first kappa shape index (κ1) is 27.3. The van der Waals surface area contributed by atoms with Gasteiger partial charge < -0.3 is 4.98 Å². The first-order valence-electron chi connectivity index (χ1n) is 12.4. The second-order valence-corrected chi connectivity index (χ2v) is 8.27. The molecule has 0 aliphatic heterocycles. The lowest BCUT2D eigenvalue weighted by atomic mass is 10.0. The SMILES string of the molecule is C=C/C=C(/c1ccccc1F)c1nc(-c2n[nH]/c(=C/C=C(\C)c3cncc(CC)c3)c2=C)[nH]c1C.CC. The number of rotatable bonds is 7. The van der Waals surface area contributed by atoms with Crippen molar-refractivity contribution < 1.29 is 4.39 Å². The van der Waals surface area contributed by atoms with Gasteiger partial charge in [0.2, 0.25) is 0 Å². The van der Waals surface area contributed by atoms with Gasteiger partial charge in [-0.05, 0) is 55.2 Å². The molecule has 0 aliphatic rings. The first-order chi connectivity index (χ1) is 17.9. The number of hydrogen-bond acceptors (Lipinski definition) is 3. The summed E-state index contributed by atoms with van der Waals surface area (Å²) in [7, 11) is 0. The zero-order valence-corrected chi connectivity index (χ0v) is 22.2. The second kappa shape index (κ2) is 12.6. The number of pyridine rings is 1. The highest BCUT2D eigenvalue weighted by Gasteiger charge is 2.18. The molecule has 0 radical (unpaired) electrons. The Morgan fingerprint density at radius 2 is 1.89 bits per heavy atom. The average Bonchev–Trinajstić information content (AvgIpc) is 3.49. The number of benzene rings is 1. The number of nitrogens with one attached hydrogen (secondary N) is 2. The molecule has 0 saturated carbocycles. The van der Waals surface area contributed by atoms with Gasteiger partial charge in [0.25, 0.3) is 0 Å². The fraction of sp³-hybridized carbons (Fsp3) is 0.194. The van der Waals surface area contributed by atoms with Gasteiger partial charge in [-0.3, -0.25) is 10.1 Å². The number of hydrogen-bond donors (Lipinski definition) is 2. The smallest absolute Gasteiger partial charge is 0.159 e. The zero-order valence-electron chi connectivity index (χ0n) is 22.2. The van der Waals surface area contributed by atoms with Gasteiger partial charge >= 0.3 is 0 Å². The molecule has 0 saturated heterocycles. The van der Waals surface area contributed by atoms with Crippen LogP contribution in [0.2, 0.25) is 0 Å². The molecule has 0 fully saturated rings. The summed E-state index contributed by atoms with van der Waals surface area (Å²) in [6.45, 7) is 18.1. The van der Waals surface area contributed by atoms with Gasteiger partial charge in [-0.25, -0.2) is 9.37 Å². The van der Waals surface area contributed by atoms with E-state index in [4.69, 9.17) is 4.98 Å². The van der Waals surface area contributed by atoms with E-state index in [1.807, 2.05) is 52.2 Å². The highest BCUT2D eigenvalue weighted by Crippen LogP contribution is 2.28. The predicted molar refractivity (Wildman–Crippen MR) is 152 cm³/mol. The molecule has 3 aromatic heterocycles. The van der Waals surface area contributed by atoms with Gasteiger partial charge in [-0.2, -0.15) is 5.10 Å². The molecule has 2 N–H and O–H groups in total. The van der Waals surface area contributed by atoms with Crippen molar-refractivity contribution in [3.8, 4) is 11.5 Å². The third-order valence-corrected chi connectivity index (χ3v) is 5.87. The minimum absolute atomic E-state index is 0.319. The van der Waals surface area contributed by atoms with Gasteiger partial charge in [0, 0.05) is 34.4 Å². The third-order valence-electron chi connectivity index (χ3n) is 5.87. The second-order valence-electron chi connectivity index (χ2n) is 8.27. The maximum atomic E-state index is 14.5. The Labute approximate surface area is 217 Å². The van der Waals surface area contributed by atoms with Gasteiger partial charge in [0.05, 0.1) is 11.0 Å². The topological polar surface area (TPSA) is 70.2 Å². The Balaban J connectivity index is 0.00000186. The summed E-state index contributed by atoms with van der Waals surface area (Å²) in [4.78, 5) is 12.4. The van der Waals surface area contributed by atoms with Crippen LogP contribution in [-0.2, 0) is 6.42 Å². The molecule has 0 bridgehead atoms. The fourth-order valence-corrected chi connectivity index (χ4v) is 3.84. The average molecular weight is 496 g/mol. The molecule has 0 aliphatic carbocycles. The highest BCUT2D eigenvalue weighted by atomic mass is 19.1. The van der Waals surface area contributed by atoms with Crippen molar-refractivity contribution in [1.82, 2.24) is 25.1 Å². The lowest BCUT2D eigenvalue weighted by Gasteiger charge is -2.07. The molecule has 1 aromatic carbocycles. The number of imidazole rings is 1. The van der Waals surface area contributed by atoms with Crippen LogP contribution in [0.15, 0.2) is 67.5 Å². The molecule has 0 spiro atoms. The molecule has 4 aromatic rings. The molecule has 6 heteroatoms. The molecular weight excluding hydrogens is 461 g/mol. The normalized spacial score (nSPS) is 12.3. The van der Waals surface area contributed by atoms with Crippen molar-refractivity contribution in [2.75, 3.05) is 0 Å². The van der Waals surface area contributed by atoms with Crippen LogP contribution in [0.3, 0.4) is 0 Å². The van der Waals surface area contributed by atoms with E-state index in [0.717, 1.165) is 33.8 Å². The van der Waals surface area contributed by atoms with Crippen molar-refractivity contribution in [2.45, 2.75) is 41.0 Å². The molecule has 5 nitrogen and oxygen atoms in total. The Hall–Kier alpha value is -4.32. The summed E-state index contributed by atoms with van der Waals surface area (Å²) in [5.74, 6) is 0.242. The number of nitrogens with zero attached hydrogens (tertiary/aromatic N) is 3. The van der Waals surface area contributed by atoms with Crippen LogP contribution in [0.4, 0.5) is 4.39 Å².